The summed E-state index contributed by atoms with van der Waals surface area (Å²) in [5.74, 6) is 0. The van der Waals surface area contributed by atoms with Crippen molar-refractivity contribution in [3.63, 3.8) is 0 Å². The van der Waals surface area contributed by atoms with Crippen LogP contribution in [0.2, 0.25) is 0 Å². The number of para-hydroxylation sites is 1. The molecule has 0 aliphatic heterocycles. The SMILES string of the molecule is NC(CC(F)(F)F)c1ccnc2ccccc12. The lowest BCUT2D eigenvalue weighted by Crippen LogP contribution is -2.20. The monoisotopic (exact) mass is 240 g/mol. The molecule has 1 atom stereocenters. The van der Waals surface area contributed by atoms with Gasteiger partial charge in [-0.1, -0.05) is 18.2 Å². The van der Waals surface area contributed by atoms with E-state index < -0.39 is 18.6 Å². The highest BCUT2D eigenvalue weighted by molar-refractivity contribution is 5.82. The Morgan fingerprint density at radius 2 is 1.88 bits per heavy atom. The van der Waals surface area contributed by atoms with E-state index in [1.165, 1.54) is 6.20 Å². The van der Waals surface area contributed by atoms with Crippen molar-refractivity contribution in [3.05, 3.63) is 42.1 Å². The summed E-state index contributed by atoms with van der Waals surface area (Å²) in [5, 5.41) is 0.673. The first-order chi connectivity index (χ1) is 7.97. The number of rotatable bonds is 2. The van der Waals surface area contributed by atoms with E-state index in [4.69, 9.17) is 5.73 Å². The molecule has 2 nitrogen and oxygen atoms in total. The molecule has 0 amide bonds. The molecule has 0 saturated carbocycles. The van der Waals surface area contributed by atoms with Crippen LogP contribution in [-0.2, 0) is 0 Å². The molecule has 5 heteroatoms. The van der Waals surface area contributed by atoms with Crippen molar-refractivity contribution in [2.45, 2.75) is 18.6 Å². The largest absolute Gasteiger partial charge is 0.390 e. The zero-order valence-corrected chi connectivity index (χ0v) is 8.91. The zero-order chi connectivity index (χ0) is 12.5. The van der Waals surface area contributed by atoms with Gasteiger partial charge in [-0.05, 0) is 17.7 Å². The molecule has 0 spiro atoms. The maximum absolute atomic E-state index is 12.3. The molecule has 0 radical (unpaired) electrons. The van der Waals surface area contributed by atoms with Gasteiger partial charge in [0, 0.05) is 17.6 Å². The number of nitrogens with two attached hydrogens (primary N) is 1. The molecule has 1 heterocycles. The van der Waals surface area contributed by atoms with E-state index in [2.05, 4.69) is 4.98 Å². The number of halogens is 3. The second-order valence-electron chi connectivity index (χ2n) is 3.84. The smallest absolute Gasteiger partial charge is 0.324 e. The van der Waals surface area contributed by atoms with E-state index in [-0.39, 0.29) is 0 Å². The number of alkyl halides is 3. The number of aromatic nitrogens is 1. The van der Waals surface area contributed by atoms with Gasteiger partial charge in [0.15, 0.2) is 0 Å². The molecule has 0 aliphatic rings. The lowest BCUT2D eigenvalue weighted by atomic mass is 10.0. The molecule has 0 saturated heterocycles. The first kappa shape index (κ1) is 11.9. The van der Waals surface area contributed by atoms with Crippen LogP contribution >= 0.6 is 0 Å². The van der Waals surface area contributed by atoms with Gasteiger partial charge in [-0.2, -0.15) is 13.2 Å². The van der Waals surface area contributed by atoms with Crippen molar-refractivity contribution in [2.24, 2.45) is 5.73 Å². The lowest BCUT2D eigenvalue weighted by molar-refractivity contribution is -0.138. The van der Waals surface area contributed by atoms with Gasteiger partial charge in [0.1, 0.15) is 0 Å². The minimum absolute atomic E-state index is 0.480. The molecule has 1 aromatic carbocycles. The zero-order valence-electron chi connectivity index (χ0n) is 8.91. The first-order valence-electron chi connectivity index (χ1n) is 5.13. The fraction of sp³-hybridized carbons (Fsp3) is 0.250. The average Bonchev–Trinajstić information content (AvgIpc) is 2.26. The normalized spacial score (nSPS) is 13.9. The summed E-state index contributed by atoms with van der Waals surface area (Å²) in [5.41, 5.74) is 6.73. The number of hydrogen-bond acceptors (Lipinski definition) is 2. The summed E-state index contributed by atoms with van der Waals surface area (Å²) < 4.78 is 36.9. The summed E-state index contributed by atoms with van der Waals surface area (Å²) in [6, 6.07) is 7.51. The molecule has 2 N–H and O–H groups in total. The number of hydrogen-bond donors (Lipinski definition) is 1. The summed E-state index contributed by atoms with van der Waals surface area (Å²) in [7, 11) is 0. The predicted molar refractivity (Wildman–Crippen MR) is 59.3 cm³/mol. The van der Waals surface area contributed by atoms with Crippen LogP contribution in [0.15, 0.2) is 36.5 Å². The van der Waals surface area contributed by atoms with Crippen LogP contribution in [0.3, 0.4) is 0 Å². The third-order valence-electron chi connectivity index (χ3n) is 2.53. The molecule has 2 aromatic rings. The molecular weight excluding hydrogens is 229 g/mol. The second kappa shape index (κ2) is 4.33. The standard InChI is InChI=1S/C12H11F3N2/c13-12(14,15)7-10(16)8-5-6-17-11-4-2-1-3-9(8)11/h1-6,10H,7,16H2. The van der Waals surface area contributed by atoms with Crippen molar-refractivity contribution in [3.8, 4) is 0 Å². The van der Waals surface area contributed by atoms with Crippen molar-refractivity contribution < 1.29 is 13.2 Å². The van der Waals surface area contributed by atoms with Gasteiger partial charge in [-0.3, -0.25) is 4.98 Å². The van der Waals surface area contributed by atoms with E-state index in [9.17, 15) is 13.2 Å². The third-order valence-corrected chi connectivity index (χ3v) is 2.53. The van der Waals surface area contributed by atoms with Gasteiger partial charge >= 0.3 is 6.18 Å². The van der Waals surface area contributed by atoms with Crippen LogP contribution in [0.25, 0.3) is 10.9 Å². The summed E-state index contributed by atoms with van der Waals surface area (Å²) in [4.78, 5) is 4.08. The van der Waals surface area contributed by atoms with Crippen molar-refractivity contribution in [1.29, 1.82) is 0 Å². The molecule has 1 unspecified atom stereocenters. The van der Waals surface area contributed by atoms with E-state index in [1.807, 2.05) is 0 Å². The van der Waals surface area contributed by atoms with E-state index in [1.54, 1.807) is 30.3 Å². The molecule has 1 aromatic heterocycles. The van der Waals surface area contributed by atoms with Crippen LogP contribution in [0.4, 0.5) is 13.2 Å². The molecule has 90 valence electrons. The fourth-order valence-electron chi connectivity index (χ4n) is 1.80. The minimum Gasteiger partial charge on any atom is -0.324 e. The Labute approximate surface area is 96.3 Å². The number of nitrogens with zero attached hydrogens (tertiary/aromatic N) is 1. The van der Waals surface area contributed by atoms with Gasteiger partial charge in [0.05, 0.1) is 11.9 Å². The third kappa shape index (κ3) is 2.74. The Kier molecular flexibility index (Phi) is 3.02. The topological polar surface area (TPSA) is 38.9 Å². The van der Waals surface area contributed by atoms with Gasteiger partial charge in [0.25, 0.3) is 0 Å². The number of fused-ring (bicyclic) bond motifs is 1. The molecule has 2 rings (SSSR count). The summed E-state index contributed by atoms with van der Waals surface area (Å²) in [6.45, 7) is 0. The van der Waals surface area contributed by atoms with Gasteiger partial charge in [0.2, 0.25) is 0 Å². The van der Waals surface area contributed by atoms with Crippen LogP contribution in [0.5, 0.6) is 0 Å². The summed E-state index contributed by atoms with van der Waals surface area (Å²) >= 11 is 0. The van der Waals surface area contributed by atoms with Crippen LogP contribution in [-0.4, -0.2) is 11.2 Å². The van der Waals surface area contributed by atoms with Gasteiger partial charge in [-0.25, -0.2) is 0 Å². The van der Waals surface area contributed by atoms with E-state index in [0.717, 1.165) is 0 Å². The van der Waals surface area contributed by atoms with Crippen molar-refractivity contribution >= 4 is 10.9 Å². The fourth-order valence-corrected chi connectivity index (χ4v) is 1.80. The first-order valence-corrected chi connectivity index (χ1v) is 5.13. The van der Waals surface area contributed by atoms with Crippen LogP contribution in [0.1, 0.15) is 18.0 Å². The Bertz CT molecular complexity index is 517. The van der Waals surface area contributed by atoms with Crippen LogP contribution < -0.4 is 5.73 Å². The lowest BCUT2D eigenvalue weighted by Gasteiger charge is -2.16. The highest BCUT2D eigenvalue weighted by Crippen LogP contribution is 2.30. The highest BCUT2D eigenvalue weighted by Gasteiger charge is 2.31. The average molecular weight is 240 g/mol. The Hall–Kier alpha value is -1.62. The van der Waals surface area contributed by atoms with Crippen molar-refractivity contribution in [2.75, 3.05) is 0 Å². The maximum atomic E-state index is 12.3. The molecule has 0 bridgehead atoms. The number of benzene rings is 1. The molecule has 17 heavy (non-hydrogen) atoms. The quantitative estimate of drug-likeness (QED) is 0.875. The highest BCUT2D eigenvalue weighted by atomic mass is 19.4. The summed E-state index contributed by atoms with van der Waals surface area (Å²) in [6.07, 6.45) is -3.81. The Morgan fingerprint density at radius 1 is 1.18 bits per heavy atom. The molecular formula is C12H11F3N2. The minimum atomic E-state index is -4.26. The van der Waals surface area contributed by atoms with Crippen LogP contribution in [0, 0.1) is 0 Å². The Morgan fingerprint density at radius 3 is 2.59 bits per heavy atom. The number of pyridine rings is 1. The van der Waals surface area contributed by atoms with E-state index >= 15 is 0 Å². The maximum Gasteiger partial charge on any atom is 0.390 e. The van der Waals surface area contributed by atoms with E-state index in [0.29, 0.717) is 16.5 Å². The molecule has 0 aliphatic carbocycles. The second-order valence-corrected chi connectivity index (χ2v) is 3.84. The van der Waals surface area contributed by atoms with Gasteiger partial charge < -0.3 is 5.73 Å². The Balaban J connectivity index is 2.41. The van der Waals surface area contributed by atoms with Gasteiger partial charge in [-0.15, -0.1) is 0 Å². The molecule has 0 fully saturated rings. The van der Waals surface area contributed by atoms with Crippen molar-refractivity contribution in [1.82, 2.24) is 4.98 Å². The predicted octanol–water partition coefficient (Wildman–Crippen LogP) is 3.19.